The molecule has 0 bridgehead atoms. The Hall–Kier alpha value is -2.69. The van der Waals surface area contributed by atoms with E-state index >= 15 is 0 Å². The molecule has 1 unspecified atom stereocenters. The SMILES string of the molecule is CC1(C)C=CC=CC1C=Cc1ccc(P(c2ccccc2)c2ccccc2)cc1. The molecule has 3 aromatic rings. The summed E-state index contributed by atoms with van der Waals surface area (Å²) in [7, 11) is -0.540. The summed E-state index contributed by atoms with van der Waals surface area (Å²) < 4.78 is 0. The number of rotatable bonds is 5. The molecule has 1 heteroatoms. The molecule has 0 saturated carbocycles. The third-order valence-corrected chi connectivity index (χ3v) is 7.93. The molecule has 0 saturated heterocycles. The van der Waals surface area contributed by atoms with Crippen molar-refractivity contribution in [3.63, 3.8) is 0 Å². The third-order valence-electron chi connectivity index (χ3n) is 5.49. The summed E-state index contributed by atoms with van der Waals surface area (Å²) in [6.07, 6.45) is 13.5. The van der Waals surface area contributed by atoms with Crippen LogP contribution >= 0.6 is 7.92 Å². The molecule has 3 aromatic carbocycles. The van der Waals surface area contributed by atoms with E-state index in [9.17, 15) is 0 Å². The number of hydrogen-bond acceptors (Lipinski definition) is 0. The number of hydrogen-bond donors (Lipinski definition) is 0. The summed E-state index contributed by atoms with van der Waals surface area (Å²) in [6.45, 7) is 4.58. The van der Waals surface area contributed by atoms with Gasteiger partial charge in [0, 0.05) is 5.92 Å². The molecule has 4 rings (SSSR count). The minimum absolute atomic E-state index is 0.167. The molecule has 0 spiro atoms. The molecular weight excluding hydrogens is 367 g/mol. The fraction of sp³-hybridized carbons (Fsp3) is 0.143. The van der Waals surface area contributed by atoms with Crippen LogP contribution in [0.3, 0.4) is 0 Å². The lowest BCUT2D eigenvalue weighted by Crippen LogP contribution is -2.20. The molecule has 29 heavy (non-hydrogen) atoms. The van der Waals surface area contributed by atoms with Gasteiger partial charge in [0.25, 0.3) is 0 Å². The normalized spacial score (nSPS) is 17.8. The van der Waals surface area contributed by atoms with Gasteiger partial charge in [-0.2, -0.15) is 0 Å². The number of benzene rings is 3. The molecule has 144 valence electrons. The molecule has 1 aliphatic carbocycles. The lowest BCUT2D eigenvalue weighted by Gasteiger charge is -2.29. The topological polar surface area (TPSA) is 0 Å². The minimum atomic E-state index is -0.540. The molecule has 0 aliphatic heterocycles. The van der Waals surface area contributed by atoms with Gasteiger partial charge in [-0.1, -0.05) is 135 Å². The minimum Gasteiger partial charge on any atom is -0.0780 e. The van der Waals surface area contributed by atoms with E-state index in [4.69, 9.17) is 0 Å². The molecule has 0 heterocycles. The molecule has 1 aliphatic rings. The van der Waals surface area contributed by atoms with Crippen LogP contribution < -0.4 is 15.9 Å². The van der Waals surface area contributed by atoms with E-state index in [2.05, 4.69) is 135 Å². The first kappa shape index (κ1) is 19.6. The van der Waals surface area contributed by atoms with Gasteiger partial charge in [0.15, 0.2) is 0 Å². The van der Waals surface area contributed by atoms with Gasteiger partial charge >= 0.3 is 0 Å². The van der Waals surface area contributed by atoms with Crippen molar-refractivity contribution in [2.45, 2.75) is 13.8 Å². The van der Waals surface area contributed by atoms with E-state index in [0.717, 1.165) is 0 Å². The second kappa shape index (κ2) is 8.76. The summed E-state index contributed by atoms with van der Waals surface area (Å²) in [5.41, 5.74) is 1.42. The highest BCUT2D eigenvalue weighted by Gasteiger charge is 2.23. The van der Waals surface area contributed by atoms with Crippen LogP contribution in [0.5, 0.6) is 0 Å². The molecule has 0 amide bonds. The van der Waals surface area contributed by atoms with Gasteiger partial charge in [0.05, 0.1) is 0 Å². The van der Waals surface area contributed by atoms with Crippen molar-refractivity contribution in [3.8, 4) is 0 Å². The molecule has 0 aromatic heterocycles. The molecule has 1 atom stereocenters. The van der Waals surface area contributed by atoms with Crippen LogP contribution in [0.2, 0.25) is 0 Å². The Bertz CT molecular complexity index is 969. The average Bonchev–Trinajstić information content (AvgIpc) is 2.75. The zero-order chi connectivity index (χ0) is 20.1. The predicted octanol–water partition coefficient (Wildman–Crippen LogP) is 6.23. The Labute approximate surface area is 176 Å². The third kappa shape index (κ3) is 4.66. The zero-order valence-electron chi connectivity index (χ0n) is 17.1. The standard InChI is InChI=1S/C28H27P/c1-28(2)22-10-9-11-24(28)19-16-23-17-20-27(21-18-23)29(25-12-5-3-6-13-25)26-14-7-4-8-15-26/h3-22,24H,1-2H3. The Kier molecular flexibility index (Phi) is 5.93. The quantitative estimate of drug-likeness (QED) is 0.450. The van der Waals surface area contributed by atoms with E-state index in [1.807, 2.05) is 0 Å². The monoisotopic (exact) mass is 394 g/mol. The van der Waals surface area contributed by atoms with Crippen LogP contribution in [0.4, 0.5) is 0 Å². The maximum Gasteiger partial charge on any atom is 0.00389 e. The van der Waals surface area contributed by atoms with E-state index in [1.54, 1.807) is 0 Å². The van der Waals surface area contributed by atoms with Gasteiger partial charge in [-0.25, -0.2) is 0 Å². The fourth-order valence-electron chi connectivity index (χ4n) is 3.71. The van der Waals surface area contributed by atoms with Crippen molar-refractivity contribution in [1.82, 2.24) is 0 Å². The highest BCUT2D eigenvalue weighted by Crippen LogP contribution is 2.34. The Morgan fingerprint density at radius 3 is 1.79 bits per heavy atom. The van der Waals surface area contributed by atoms with E-state index in [-0.39, 0.29) is 5.41 Å². The first-order valence-corrected chi connectivity index (χ1v) is 11.5. The van der Waals surface area contributed by atoms with E-state index in [1.165, 1.54) is 21.5 Å². The smallest absolute Gasteiger partial charge is 0.00389 e. The molecular formula is C28H27P. The van der Waals surface area contributed by atoms with Crippen LogP contribution in [0.15, 0.2) is 115 Å². The Balaban J connectivity index is 1.61. The van der Waals surface area contributed by atoms with Gasteiger partial charge in [0.1, 0.15) is 0 Å². The summed E-state index contributed by atoms with van der Waals surface area (Å²) >= 11 is 0. The van der Waals surface area contributed by atoms with Gasteiger partial charge in [-0.3, -0.25) is 0 Å². The molecule has 0 radical (unpaired) electrons. The van der Waals surface area contributed by atoms with Gasteiger partial charge in [0.2, 0.25) is 0 Å². The van der Waals surface area contributed by atoms with Crippen LogP contribution in [0.1, 0.15) is 19.4 Å². The van der Waals surface area contributed by atoms with Crippen LogP contribution in [-0.4, -0.2) is 0 Å². The maximum absolute atomic E-state index is 2.33. The van der Waals surface area contributed by atoms with Crippen molar-refractivity contribution in [1.29, 1.82) is 0 Å². The average molecular weight is 394 g/mol. The van der Waals surface area contributed by atoms with Crippen molar-refractivity contribution >= 4 is 29.9 Å². The lowest BCUT2D eigenvalue weighted by atomic mass is 9.76. The summed E-state index contributed by atoms with van der Waals surface area (Å²) in [5, 5.41) is 4.16. The van der Waals surface area contributed by atoms with Gasteiger partial charge in [-0.15, -0.1) is 0 Å². The highest BCUT2D eigenvalue weighted by molar-refractivity contribution is 7.79. The Morgan fingerprint density at radius 2 is 1.24 bits per heavy atom. The van der Waals surface area contributed by atoms with Gasteiger partial charge < -0.3 is 0 Å². The van der Waals surface area contributed by atoms with Crippen molar-refractivity contribution < 1.29 is 0 Å². The largest absolute Gasteiger partial charge is 0.0780 e. The van der Waals surface area contributed by atoms with Gasteiger partial charge in [-0.05, 0) is 34.8 Å². The summed E-state index contributed by atoms with van der Waals surface area (Å²) in [5.74, 6) is 0.429. The van der Waals surface area contributed by atoms with Crippen LogP contribution in [-0.2, 0) is 0 Å². The lowest BCUT2D eigenvalue weighted by molar-refractivity contribution is 0.398. The molecule has 0 fully saturated rings. The van der Waals surface area contributed by atoms with E-state index in [0.29, 0.717) is 5.92 Å². The maximum atomic E-state index is 2.33. The van der Waals surface area contributed by atoms with Crippen molar-refractivity contribution in [3.05, 3.63) is 121 Å². The van der Waals surface area contributed by atoms with Crippen LogP contribution in [0, 0.1) is 11.3 Å². The van der Waals surface area contributed by atoms with E-state index < -0.39 is 7.92 Å². The molecule has 0 N–H and O–H groups in total. The second-order valence-corrected chi connectivity index (χ2v) is 10.3. The molecule has 0 nitrogen and oxygen atoms in total. The van der Waals surface area contributed by atoms with Crippen molar-refractivity contribution in [2.75, 3.05) is 0 Å². The first-order chi connectivity index (χ1) is 14.1. The predicted molar refractivity (Wildman–Crippen MR) is 130 cm³/mol. The van der Waals surface area contributed by atoms with Crippen molar-refractivity contribution in [2.24, 2.45) is 11.3 Å². The summed E-state index contributed by atoms with van der Waals surface area (Å²) in [6, 6.07) is 30.8. The second-order valence-electron chi connectivity index (χ2n) is 8.05. The number of allylic oxidation sites excluding steroid dienone is 5. The summed E-state index contributed by atoms with van der Waals surface area (Å²) in [4.78, 5) is 0. The Morgan fingerprint density at radius 1 is 0.690 bits per heavy atom. The first-order valence-electron chi connectivity index (χ1n) is 10.2. The fourth-order valence-corrected chi connectivity index (χ4v) is 5.99. The zero-order valence-corrected chi connectivity index (χ0v) is 18.0. The highest BCUT2D eigenvalue weighted by atomic mass is 31.1. The van der Waals surface area contributed by atoms with Crippen LogP contribution in [0.25, 0.3) is 6.08 Å².